The van der Waals surface area contributed by atoms with Gasteiger partial charge >= 0.3 is 8.80 Å². The number of rotatable bonds is 32. The van der Waals surface area contributed by atoms with Crippen LogP contribution in [-0.4, -0.2) is 28.6 Å². The first-order valence-electron chi connectivity index (χ1n) is 17.0. The molecule has 0 bridgehead atoms. The van der Waals surface area contributed by atoms with Gasteiger partial charge in [-0.2, -0.15) is 5.26 Å². The first kappa shape index (κ1) is 37.6. The monoisotopic (exact) mass is 553 g/mol. The van der Waals surface area contributed by atoms with Crippen molar-refractivity contribution in [3.05, 3.63) is 0 Å². The molecule has 0 aliphatic rings. The highest BCUT2D eigenvalue weighted by atomic mass is 28.4. The summed E-state index contributed by atoms with van der Waals surface area (Å²) in [7, 11) is -2.80. The van der Waals surface area contributed by atoms with Crippen molar-refractivity contribution >= 4 is 8.80 Å². The fraction of sp³-hybridized carbons (Fsp3) is 0.970. The molecule has 0 saturated heterocycles. The van der Waals surface area contributed by atoms with Crippen molar-refractivity contribution in [1.29, 1.82) is 5.26 Å². The van der Waals surface area contributed by atoms with E-state index in [-0.39, 0.29) is 0 Å². The summed E-state index contributed by atoms with van der Waals surface area (Å²) in [6.45, 7) is 8.94. The summed E-state index contributed by atoms with van der Waals surface area (Å²) in [6, 6.07) is 2.96. The molecule has 0 spiro atoms. The highest BCUT2D eigenvalue weighted by molar-refractivity contribution is 6.60. The van der Waals surface area contributed by atoms with Crippen molar-refractivity contribution < 1.29 is 13.3 Å². The quantitative estimate of drug-likeness (QED) is 0.0614. The molecule has 0 aromatic carbocycles. The molecule has 5 heteroatoms. The van der Waals surface area contributed by atoms with Crippen LogP contribution < -0.4 is 0 Å². The molecule has 4 nitrogen and oxygen atoms in total. The van der Waals surface area contributed by atoms with Crippen LogP contribution in [-0.2, 0) is 13.3 Å². The SMILES string of the molecule is CCCCCCCCCCO[Si](CCC#N)(OCCCCCCCCCC)OCCCCCCCCCC. The third kappa shape index (κ3) is 25.8. The Kier molecular flexibility index (Phi) is 30.8. The molecular weight excluding hydrogens is 486 g/mol. The van der Waals surface area contributed by atoms with E-state index in [0.717, 1.165) is 19.3 Å². The van der Waals surface area contributed by atoms with Crippen LogP contribution >= 0.6 is 0 Å². The topological polar surface area (TPSA) is 51.5 Å². The van der Waals surface area contributed by atoms with E-state index in [9.17, 15) is 5.26 Å². The van der Waals surface area contributed by atoms with Gasteiger partial charge in [-0.05, 0) is 19.3 Å². The van der Waals surface area contributed by atoms with Gasteiger partial charge in [0.1, 0.15) is 0 Å². The minimum absolute atomic E-state index is 0.457. The molecule has 0 unspecified atom stereocenters. The fourth-order valence-electron chi connectivity index (χ4n) is 4.94. The molecule has 0 saturated carbocycles. The zero-order chi connectivity index (χ0) is 27.8. The van der Waals surface area contributed by atoms with E-state index in [1.54, 1.807) is 0 Å². The summed E-state index contributed by atoms with van der Waals surface area (Å²) in [5.74, 6) is 0. The molecule has 0 atom stereocenters. The maximum absolute atomic E-state index is 9.33. The van der Waals surface area contributed by atoms with Crippen LogP contribution in [0.2, 0.25) is 6.04 Å². The summed E-state index contributed by atoms with van der Waals surface area (Å²) >= 11 is 0. The van der Waals surface area contributed by atoms with Crippen LogP contribution in [0.4, 0.5) is 0 Å². The lowest BCUT2D eigenvalue weighted by Gasteiger charge is -2.29. The summed E-state index contributed by atoms with van der Waals surface area (Å²) in [6.07, 6.45) is 31.4. The number of nitriles is 1. The Morgan fingerprint density at radius 2 is 0.684 bits per heavy atom. The molecule has 226 valence electrons. The normalized spacial score (nSPS) is 11.7. The molecular formula is C33H67NO3Si. The predicted molar refractivity (Wildman–Crippen MR) is 166 cm³/mol. The molecule has 0 fully saturated rings. The molecule has 0 aliphatic heterocycles. The van der Waals surface area contributed by atoms with Gasteiger partial charge in [-0.3, -0.25) is 0 Å². The van der Waals surface area contributed by atoms with Crippen LogP contribution in [0.25, 0.3) is 0 Å². The van der Waals surface area contributed by atoms with E-state index in [0.29, 0.717) is 32.3 Å². The van der Waals surface area contributed by atoms with Crippen LogP contribution in [0.5, 0.6) is 0 Å². The van der Waals surface area contributed by atoms with E-state index >= 15 is 0 Å². The van der Waals surface area contributed by atoms with E-state index in [2.05, 4.69) is 26.8 Å². The Balaban J connectivity index is 4.50. The average molecular weight is 554 g/mol. The van der Waals surface area contributed by atoms with Crippen molar-refractivity contribution in [1.82, 2.24) is 0 Å². The van der Waals surface area contributed by atoms with Gasteiger partial charge in [0.2, 0.25) is 0 Å². The third-order valence-electron chi connectivity index (χ3n) is 7.50. The molecule has 38 heavy (non-hydrogen) atoms. The minimum atomic E-state index is -2.80. The zero-order valence-electron chi connectivity index (χ0n) is 26.2. The second-order valence-electron chi connectivity index (χ2n) is 11.3. The molecule has 0 aromatic rings. The second-order valence-corrected chi connectivity index (χ2v) is 14.0. The maximum atomic E-state index is 9.33. The first-order valence-corrected chi connectivity index (χ1v) is 19.0. The second kappa shape index (κ2) is 31.1. The Morgan fingerprint density at radius 1 is 0.421 bits per heavy atom. The largest absolute Gasteiger partial charge is 0.502 e. The minimum Gasteiger partial charge on any atom is -0.373 e. The zero-order valence-corrected chi connectivity index (χ0v) is 27.2. The van der Waals surface area contributed by atoms with E-state index in [4.69, 9.17) is 13.3 Å². The molecule has 0 aliphatic carbocycles. The Morgan fingerprint density at radius 3 is 0.947 bits per heavy atom. The highest BCUT2D eigenvalue weighted by Gasteiger charge is 2.40. The van der Waals surface area contributed by atoms with Crippen LogP contribution in [0, 0.1) is 11.3 Å². The summed E-state index contributed by atoms with van der Waals surface area (Å²) in [5.41, 5.74) is 0. The predicted octanol–water partition coefficient (Wildman–Crippen LogP) is 11.3. The lowest BCUT2D eigenvalue weighted by molar-refractivity contribution is 0.0555. The molecule has 0 aromatic heterocycles. The molecule has 0 radical (unpaired) electrons. The van der Waals surface area contributed by atoms with Crippen molar-refractivity contribution in [2.24, 2.45) is 0 Å². The maximum Gasteiger partial charge on any atom is 0.502 e. The van der Waals surface area contributed by atoms with Crippen LogP contribution in [0.1, 0.15) is 181 Å². The first-order chi connectivity index (χ1) is 18.7. The lowest BCUT2D eigenvalue weighted by atomic mass is 10.1. The standard InChI is InChI=1S/C33H67NO3Si/c1-4-7-10-13-16-19-22-25-30-35-38(33-28-29-34,36-31-26-23-20-17-14-11-8-5-2)37-32-27-24-21-18-15-12-9-6-3/h4-28,30-33H2,1-3H3. The lowest BCUT2D eigenvalue weighted by Crippen LogP contribution is -2.46. The summed E-state index contributed by atoms with van der Waals surface area (Å²) in [5, 5.41) is 9.33. The van der Waals surface area contributed by atoms with Crippen molar-refractivity contribution in [2.45, 2.75) is 187 Å². The Labute approximate surface area is 240 Å². The Bertz CT molecular complexity index is 442. The van der Waals surface area contributed by atoms with Gasteiger partial charge < -0.3 is 13.3 Å². The van der Waals surface area contributed by atoms with Crippen LogP contribution in [0.15, 0.2) is 0 Å². The molecule has 0 amide bonds. The van der Waals surface area contributed by atoms with Crippen molar-refractivity contribution in [3.8, 4) is 6.07 Å². The van der Waals surface area contributed by atoms with Crippen molar-refractivity contribution in [3.63, 3.8) is 0 Å². The van der Waals surface area contributed by atoms with E-state index in [1.807, 2.05) is 0 Å². The number of nitrogens with zero attached hydrogens (tertiary/aromatic N) is 1. The van der Waals surface area contributed by atoms with Gasteiger partial charge in [0.25, 0.3) is 0 Å². The van der Waals surface area contributed by atoms with Gasteiger partial charge in [0, 0.05) is 32.3 Å². The summed E-state index contributed by atoms with van der Waals surface area (Å²) < 4.78 is 19.4. The third-order valence-corrected chi connectivity index (χ3v) is 10.3. The smallest absolute Gasteiger partial charge is 0.373 e. The van der Waals surface area contributed by atoms with E-state index < -0.39 is 8.80 Å². The number of unbranched alkanes of at least 4 members (excludes halogenated alkanes) is 21. The molecule has 0 N–H and O–H groups in total. The number of hydrogen-bond acceptors (Lipinski definition) is 4. The van der Waals surface area contributed by atoms with Gasteiger partial charge in [0.05, 0.1) is 6.07 Å². The average Bonchev–Trinajstić information content (AvgIpc) is 2.93. The molecule has 0 heterocycles. The Hall–Kier alpha value is -0.413. The fourth-order valence-corrected chi connectivity index (χ4v) is 7.41. The highest BCUT2D eigenvalue weighted by Crippen LogP contribution is 2.21. The van der Waals surface area contributed by atoms with Gasteiger partial charge in [-0.25, -0.2) is 0 Å². The van der Waals surface area contributed by atoms with Crippen molar-refractivity contribution in [2.75, 3.05) is 19.8 Å². The molecule has 0 rings (SSSR count). The number of hydrogen-bond donors (Lipinski definition) is 0. The van der Waals surface area contributed by atoms with Crippen LogP contribution in [0.3, 0.4) is 0 Å². The van der Waals surface area contributed by atoms with Gasteiger partial charge in [-0.1, -0.05) is 156 Å². The van der Waals surface area contributed by atoms with Gasteiger partial charge in [0.15, 0.2) is 0 Å². The summed E-state index contributed by atoms with van der Waals surface area (Å²) in [4.78, 5) is 0. The van der Waals surface area contributed by atoms with E-state index in [1.165, 1.54) is 135 Å². The van der Waals surface area contributed by atoms with Gasteiger partial charge in [-0.15, -0.1) is 0 Å².